The second-order valence-corrected chi connectivity index (χ2v) is 6.82. The normalized spacial score (nSPS) is 13.0. The van der Waals surface area contributed by atoms with E-state index in [0.717, 1.165) is 10.3 Å². The molecule has 1 amide bonds. The largest absolute Gasteiger partial charge is 0.482 e. The second kappa shape index (κ2) is 6.61. The SMILES string of the molecule is O=C1COc2ccc(C(=O)CSc3ccc4ccccc4c3)cc2N1. The van der Waals surface area contributed by atoms with Crippen LogP contribution in [0, 0.1) is 0 Å². The van der Waals surface area contributed by atoms with Gasteiger partial charge in [0.15, 0.2) is 12.4 Å². The quantitative estimate of drug-likeness (QED) is 0.568. The molecule has 4 rings (SSSR count). The van der Waals surface area contributed by atoms with Gasteiger partial charge in [0.05, 0.1) is 11.4 Å². The highest BCUT2D eigenvalue weighted by Crippen LogP contribution is 2.30. The van der Waals surface area contributed by atoms with Crippen molar-refractivity contribution in [2.24, 2.45) is 0 Å². The molecule has 0 unspecified atom stereocenters. The van der Waals surface area contributed by atoms with Gasteiger partial charge in [-0.15, -0.1) is 11.8 Å². The van der Waals surface area contributed by atoms with Gasteiger partial charge < -0.3 is 10.1 Å². The van der Waals surface area contributed by atoms with E-state index in [9.17, 15) is 9.59 Å². The van der Waals surface area contributed by atoms with Gasteiger partial charge in [-0.05, 0) is 41.1 Å². The molecule has 4 nitrogen and oxygen atoms in total. The number of hydrogen-bond acceptors (Lipinski definition) is 4. The fourth-order valence-corrected chi connectivity index (χ4v) is 3.58. The Morgan fingerprint density at radius 1 is 1.04 bits per heavy atom. The number of amides is 1. The molecule has 0 bridgehead atoms. The Bertz CT molecular complexity index is 984. The van der Waals surface area contributed by atoms with Gasteiger partial charge in [0.1, 0.15) is 5.75 Å². The maximum atomic E-state index is 12.5. The molecule has 0 saturated carbocycles. The Balaban J connectivity index is 1.48. The van der Waals surface area contributed by atoms with E-state index in [0.29, 0.717) is 22.8 Å². The van der Waals surface area contributed by atoms with Crippen molar-refractivity contribution >= 4 is 39.9 Å². The Morgan fingerprint density at radius 3 is 2.76 bits per heavy atom. The van der Waals surface area contributed by atoms with Crippen LogP contribution in [0.2, 0.25) is 0 Å². The minimum atomic E-state index is -0.206. The highest BCUT2D eigenvalue weighted by atomic mass is 32.2. The molecule has 5 heteroatoms. The second-order valence-electron chi connectivity index (χ2n) is 5.77. The number of thioether (sulfide) groups is 1. The molecule has 124 valence electrons. The Morgan fingerprint density at radius 2 is 1.88 bits per heavy atom. The number of benzene rings is 3. The molecular formula is C20H15NO3S. The van der Waals surface area contributed by atoms with Crippen molar-refractivity contribution in [2.75, 3.05) is 17.7 Å². The topological polar surface area (TPSA) is 55.4 Å². The van der Waals surface area contributed by atoms with Crippen molar-refractivity contribution in [2.45, 2.75) is 4.90 Å². The third-order valence-corrected chi connectivity index (χ3v) is 5.02. The van der Waals surface area contributed by atoms with Gasteiger partial charge in [-0.25, -0.2) is 0 Å². The highest BCUT2D eigenvalue weighted by molar-refractivity contribution is 8.00. The molecule has 0 atom stereocenters. The molecule has 0 radical (unpaired) electrons. The van der Waals surface area contributed by atoms with Crippen LogP contribution in [0.25, 0.3) is 10.8 Å². The summed E-state index contributed by atoms with van der Waals surface area (Å²) in [7, 11) is 0. The van der Waals surface area contributed by atoms with Crippen molar-refractivity contribution in [1.29, 1.82) is 0 Å². The van der Waals surface area contributed by atoms with Crippen LogP contribution in [0.3, 0.4) is 0 Å². The number of fused-ring (bicyclic) bond motifs is 2. The molecule has 0 fully saturated rings. The molecule has 0 aromatic heterocycles. The van der Waals surface area contributed by atoms with E-state index in [1.807, 2.05) is 18.2 Å². The van der Waals surface area contributed by atoms with E-state index in [2.05, 4.69) is 29.6 Å². The number of carbonyl (C=O) groups excluding carboxylic acids is 2. The van der Waals surface area contributed by atoms with Gasteiger partial charge in [0, 0.05) is 10.5 Å². The number of rotatable bonds is 4. The smallest absolute Gasteiger partial charge is 0.262 e. The first-order chi connectivity index (χ1) is 12.2. The molecular weight excluding hydrogens is 334 g/mol. The van der Waals surface area contributed by atoms with Crippen molar-refractivity contribution in [3.05, 3.63) is 66.2 Å². The van der Waals surface area contributed by atoms with Crippen LogP contribution in [0.15, 0.2) is 65.6 Å². The summed E-state index contributed by atoms with van der Waals surface area (Å²) in [6, 6.07) is 19.5. The van der Waals surface area contributed by atoms with E-state index in [-0.39, 0.29) is 18.3 Å². The lowest BCUT2D eigenvalue weighted by Crippen LogP contribution is -2.25. The average molecular weight is 349 g/mol. The molecule has 25 heavy (non-hydrogen) atoms. The van der Waals surface area contributed by atoms with Gasteiger partial charge in [0.25, 0.3) is 5.91 Å². The molecule has 1 aliphatic rings. The molecule has 1 heterocycles. The van der Waals surface area contributed by atoms with E-state index < -0.39 is 0 Å². The highest BCUT2D eigenvalue weighted by Gasteiger charge is 2.17. The fourth-order valence-electron chi connectivity index (χ4n) is 2.75. The number of carbonyl (C=O) groups is 2. The summed E-state index contributed by atoms with van der Waals surface area (Å²) in [5.41, 5.74) is 1.12. The molecule has 0 spiro atoms. The predicted molar refractivity (Wildman–Crippen MR) is 99.6 cm³/mol. The summed E-state index contributed by atoms with van der Waals surface area (Å²) < 4.78 is 5.31. The molecule has 1 aliphatic heterocycles. The predicted octanol–water partition coefficient (Wildman–Crippen LogP) is 4.15. The number of anilines is 1. The standard InChI is InChI=1S/C20H15NO3S/c22-18(15-6-8-19-17(10-15)21-20(23)11-24-19)12-25-16-7-5-13-3-1-2-4-14(13)9-16/h1-10H,11-12H2,(H,21,23). The van der Waals surface area contributed by atoms with Crippen LogP contribution in [-0.4, -0.2) is 24.1 Å². The third kappa shape index (κ3) is 3.37. The van der Waals surface area contributed by atoms with Gasteiger partial charge in [-0.1, -0.05) is 30.3 Å². The summed E-state index contributed by atoms with van der Waals surface area (Å²) in [4.78, 5) is 24.9. The summed E-state index contributed by atoms with van der Waals surface area (Å²) in [5, 5.41) is 5.07. The number of Topliss-reactive ketones (excluding diaryl/α,β-unsaturated/α-hetero) is 1. The van der Waals surface area contributed by atoms with Crippen molar-refractivity contribution in [1.82, 2.24) is 0 Å². The number of nitrogens with one attached hydrogen (secondary N) is 1. The molecule has 0 saturated heterocycles. The van der Waals surface area contributed by atoms with Crippen LogP contribution in [0.1, 0.15) is 10.4 Å². The number of hydrogen-bond donors (Lipinski definition) is 1. The Labute approximate surface area is 149 Å². The van der Waals surface area contributed by atoms with Crippen LogP contribution >= 0.6 is 11.8 Å². The van der Waals surface area contributed by atoms with E-state index >= 15 is 0 Å². The first-order valence-electron chi connectivity index (χ1n) is 7.90. The first kappa shape index (κ1) is 15.7. The zero-order valence-corrected chi connectivity index (χ0v) is 14.1. The minimum Gasteiger partial charge on any atom is -0.482 e. The lowest BCUT2D eigenvalue weighted by atomic mass is 10.1. The molecule has 0 aliphatic carbocycles. The summed E-state index contributed by atoms with van der Waals surface area (Å²) >= 11 is 1.51. The fraction of sp³-hybridized carbons (Fsp3) is 0.100. The maximum Gasteiger partial charge on any atom is 0.262 e. The summed E-state index contributed by atoms with van der Waals surface area (Å²) in [6.45, 7) is 0.0120. The van der Waals surface area contributed by atoms with E-state index in [4.69, 9.17) is 4.74 Å². The van der Waals surface area contributed by atoms with Crippen LogP contribution in [0.4, 0.5) is 5.69 Å². The van der Waals surface area contributed by atoms with Gasteiger partial charge in [-0.2, -0.15) is 0 Å². The maximum absolute atomic E-state index is 12.5. The Hall–Kier alpha value is -2.79. The van der Waals surface area contributed by atoms with Gasteiger partial charge >= 0.3 is 0 Å². The lowest BCUT2D eigenvalue weighted by Gasteiger charge is -2.18. The number of ketones is 1. The van der Waals surface area contributed by atoms with Crippen LogP contribution in [-0.2, 0) is 4.79 Å². The van der Waals surface area contributed by atoms with Crippen molar-refractivity contribution in [3.8, 4) is 5.75 Å². The van der Waals surface area contributed by atoms with Crippen molar-refractivity contribution in [3.63, 3.8) is 0 Å². The molecule has 1 N–H and O–H groups in total. The zero-order chi connectivity index (χ0) is 17.2. The molecule has 3 aromatic rings. The third-order valence-electron chi connectivity index (χ3n) is 4.03. The van der Waals surface area contributed by atoms with Gasteiger partial charge in [0.2, 0.25) is 0 Å². The number of ether oxygens (including phenoxy) is 1. The van der Waals surface area contributed by atoms with E-state index in [1.54, 1.807) is 18.2 Å². The van der Waals surface area contributed by atoms with Gasteiger partial charge in [-0.3, -0.25) is 9.59 Å². The average Bonchev–Trinajstić information content (AvgIpc) is 2.65. The molecule has 3 aromatic carbocycles. The summed E-state index contributed by atoms with van der Waals surface area (Å²) in [5.74, 6) is 0.744. The summed E-state index contributed by atoms with van der Waals surface area (Å²) in [6.07, 6.45) is 0. The first-order valence-corrected chi connectivity index (χ1v) is 8.89. The zero-order valence-electron chi connectivity index (χ0n) is 13.3. The van der Waals surface area contributed by atoms with E-state index in [1.165, 1.54) is 17.1 Å². The van der Waals surface area contributed by atoms with Crippen LogP contribution < -0.4 is 10.1 Å². The van der Waals surface area contributed by atoms with Crippen molar-refractivity contribution < 1.29 is 14.3 Å². The lowest BCUT2D eigenvalue weighted by molar-refractivity contribution is -0.118. The van der Waals surface area contributed by atoms with Crippen LogP contribution in [0.5, 0.6) is 5.75 Å². The minimum absolute atomic E-state index is 0.0120. The Kier molecular flexibility index (Phi) is 4.15. The monoisotopic (exact) mass is 349 g/mol.